The maximum absolute atomic E-state index is 11.9. The van der Waals surface area contributed by atoms with E-state index in [1.807, 2.05) is 0 Å². The van der Waals surface area contributed by atoms with Crippen LogP contribution in [-0.4, -0.2) is 29.8 Å². The van der Waals surface area contributed by atoms with Crippen LogP contribution in [0.5, 0.6) is 0 Å². The Balaban J connectivity index is 2.26. The molecule has 1 aliphatic carbocycles. The Labute approximate surface area is 117 Å². The van der Waals surface area contributed by atoms with Crippen LogP contribution >= 0.6 is 0 Å². The highest BCUT2D eigenvalue weighted by atomic mass is 16.3. The van der Waals surface area contributed by atoms with Gasteiger partial charge in [-0.15, -0.1) is 0 Å². The summed E-state index contributed by atoms with van der Waals surface area (Å²) in [4.78, 5) is 11.9. The topological polar surface area (TPSA) is 61.4 Å². The number of aliphatic hydroxyl groups excluding tert-OH is 1. The van der Waals surface area contributed by atoms with Gasteiger partial charge in [-0.3, -0.25) is 0 Å². The first-order chi connectivity index (χ1) is 8.89. The van der Waals surface area contributed by atoms with Gasteiger partial charge in [0.1, 0.15) is 0 Å². The van der Waals surface area contributed by atoms with Crippen LogP contribution in [0.2, 0.25) is 0 Å². The monoisotopic (exact) mass is 270 g/mol. The molecule has 0 saturated heterocycles. The van der Waals surface area contributed by atoms with Crippen LogP contribution in [0.3, 0.4) is 0 Å². The van der Waals surface area contributed by atoms with E-state index in [9.17, 15) is 9.90 Å². The quantitative estimate of drug-likeness (QED) is 0.673. The summed E-state index contributed by atoms with van der Waals surface area (Å²) in [6.07, 6.45) is 7.59. The van der Waals surface area contributed by atoms with Gasteiger partial charge in [0.15, 0.2) is 0 Å². The molecule has 2 amide bonds. The summed E-state index contributed by atoms with van der Waals surface area (Å²) in [5.74, 6) is 0. The van der Waals surface area contributed by atoms with Gasteiger partial charge in [0.25, 0.3) is 0 Å². The van der Waals surface area contributed by atoms with Crippen molar-refractivity contribution < 1.29 is 9.90 Å². The van der Waals surface area contributed by atoms with Crippen molar-refractivity contribution in [3.63, 3.8) is 0 Å². The van der Waals surface area contributed by atoms with Crippen LogP contribution in [0.25, 0.3) is 0 Å². The summed E-state index contributed by atoms with van der Waals surface area (Å²) in [6.45, 7) is 6.50. The largest absolute Gasteiger partial charge is 0.393 e. The van der Waals surface area contributed by atoms with E-state index >= 15 is 0 Å². The van der Waals surface area contributed by atoms with Crippen LogP contribution in [-0.2, 0) is 0 Å². The van der Waals surface area contributed by atoms with E-state index in [1.165, 1.54) is 25.7 Å². The van der Waals surface area contributed by atoms with E-state index in [2.05, 4.69) is 24.5 Å². The molecule has 1 saturated carbocycles. The van der Waals surface area contributed by atoms with Gasteiger partial charge < -0.3 is 15.7 Å². The van der Waals surface area contributed by atoms with Gasteiger partial charge in [0, 0.05) is 12.6 Å². The van der Waals surface area contributed by atoms with Crippen molar-refractivity contribution in [1.29, 1.82) is 0 Å². The van der Waals surface area contributed by atoms with E-state index in [1.54, 1.807) is 6.92 Å². The number of carbonyl (C=O) groups is 1. The van der Waals surface area contributed by atoms with Crippen LogP contribution < -0.4 is 10.6 Å². The summed E-state index contributed by atoms with van der Waals surface area (Å²) in [7, 11) is 0. The first-order valence-corrected chi connectivity index (χ1v) is 7.61. The lowest BCUT2D eigenvalue weighted by molar-refractivity contribution is 0.128. The maximum Gasteiger partial charge on any atom is 0.315 e. The smallest absolute Gasteiger partial charge is 0.315 e. The highest BCUT2D eigenvalue weighted by molar-refractivity contribution is 5.74. The molecule has 0 heterocycles. The third-order valence-electron chi connectivity index (χ3n) is 3.77. The minimum absolute atomic E-state index is 0.0643. The number of aliphatic hydroxyl groups is 1. The SMILES string of the molecule is C[C@@H](O)CC(C)(C)CNC(=O)NC1CCCCCC1. The first-order valence-electron chi connectivity index (χ1n) is 7.61. The maximum atomic E-state index is 11.9. The van der Waals surface area contributed by atoms with Gasteiger partial charge >= 0.3 is 6.03 Å². The number of carbonyl (C=O) groups excluding carboxylic acids is 1. The first kappa shape index (κ1) is 16.3. The molecule has 3 N–H and O–H groups in total. The molecule has 0 unspecified atom stereocenters. The molecule has 1 aliphatic rings. The summed E-state index contributed by atoms with van der Waals surface area (Å²) >= 11 is 0. The van der Waals surface area contributed by atoms with Gasteiger partial charge in [0.05, 0.1) is 6.10 Å². The number of nitrogens with one attached hydrogen (secondary N) is 2. The number of hydrogen-bond acceptors (Lipinski definition) is 2. The second-order valence-corrected chi connectivity index (χ2v) is 6.73. The number of amides is 2. The fraction of sp³-hybridized carbons (Fsp3) is 0.933. The second-order valence-electron chi connectivity index (χ2n) is 6.73. The van der Waals surface area contributed by atoms with Crippen molar-refractivity contribution in [3.05, 3.63) is 0 Å². The molecule has 4 nitrogen and oxygen atoms in total. The van der Waals surface area contributed by atoms with E-state index in [4.69, 9.17) is 0 Å². The molecule has 0 radical (unpaired) electrons. The van der Waals surface area contributed by atoms with Gasteiger partial charge in [0.2, 0.25) is 0 Å². The van der Waals surface area contributed by atoms with Crippen LogP contribution in [0.15, 0.2) is 0 Å². The standard InChI is InChI=1S/C15H30N2O2/c1-12(18)10-15(2,3)11-16-14(19)17-13-8-6-4-5-7-9-13/h12-13,18H,4-11H2,1-3H3,(H2,16,17,19)/t12-/m1/s1. The molecule has 19 heavy (non-hydrogen) atoms. The molecule has 1 atom stereocenters. The fourth-order valence-electron chi connectivity index (χ4n) is 2.85. The van der Waals surface area contributed by atoms with Crippen molar-refractivity contribution in [3.8, 4) is 0 Å². The van der Waals surface area contributed by atoms with Gasteiger partial charge in [-0.2, -0.15) is 0 Å². The van der Waals surface area contributed by atoms with Crippen LogP contribution in [0.4, 0.5) is 4.79 Å². The predicted octanol–water partition coefficient (Wildman–Crippen LogP) is 2.81. The second kappa shape index (κ2) is 7.73. The average molecular weight is 270 g/mol. The lowest BCUT2D eigenvalue weighted by Gasteiger charge is -2.27. The molecule has 0 aliphatic heterocycles. The Morgan fingerprint density at radius 3 is 2.37 bits per heavy atom. The Bertz CT molecular complexity index is 269. The molecule has 0 aromatic heterocycles. The molecule has 4 heteroatoms. The summed E-state index contributed by atoms with van der Waals surface area (Å²) in [6, 6.07) is 0.271. The Morgan fingerprint density at radius 1 is 1.26 bits per heavy atom. The minimum Gasteiger partial charge on any atom is -0.393 e. The lowest BCUT2D eigenvalue weighted by Crippen LogP contribution is -2.45. The summed E-state index contributed by atoms with van der Waals surface area (Å²) in [5, 5.41) is 15.4. The average Bonchev–Trinajstić information content (AvgIpc) is 2.53. The summed E-state index contributed by atoms with van der Waals surface area (Å²) in [5.41, 5.74) is -0.0744. The van der Waals surface area contributed by atoms with Crippen molar-refractivity contribution >= 4 is 6.03 Å². The molecule has 0 aromatic carbocycles. The molecule has 0 aromatic rings. The highest BCUT2D eigenvalue weighted by Crippen LogP contribution is 2.21. The Hall–Kier alpha value is -0.770. The number of rotatable bonds is 5. The zero-order valence-corrected chi connectivity index (χ0v) is 12.7. The van der Waals surface area contributed by atoms with Gasteiger partial charge in [-0.05, 0) is 31.6 Å². The molecule has 0 spiro atoms. The van der Waals surface area contributed by atoms with Gasteiger partial charge in [-0.1, -0.05) is 39.5 Å². The van der Waals surface area contributed by atoms with Gasteiger partial charge in [-0.25, -0.2) is 4.79 Å². The zero-order valence-electron chi connectivity index (χ0n) is 12.7. The minimum atomic E-state index is -0.332. The van der Waals surface area contributed by atoms with E-state index in [0.717, 1.165) is 12.8 Å². The van der Waals surface area contributed by atoms with Crippen LogP contribution in [0.1, 0.15) is 65.7 Å². The zero-order chi connectivity index (χ0) is 14.3. The molecule has 112 valence electrons. The molecular weight excluding hydrogens is 240 g/mol. The Kier molecular flexibility index (Phi) is 6.63. The molecule has 1 fully saturated rings. The molecule has 1 rings (SSSR count). The lowest BCUT2D eigenvalue weighted by atomic mass is 9.87. The fourth-order valence-corrected chi connectivity index (χ4v) is 2.85. The predicted molar refractivity (Wildman–Crippen MR) is 78.1 cm³/mol. The third kappa shape index (κ3) is 7.41. The molecule has 0 bridgehead atoms. The number of urea groups is 1. The normalized spacial score (nSPS) is 19.6. The third-order valence-corrected chi connectivity index (χ3v) is 3.77. The van der Waals surface area contributed by atoms with E-state index in [0.29, 0.717) is 19.0 Å². The van der Waals surface area contributed by atoms with Crippen molar-refractivity contribution in [2.45, 2.75) is 77.9 Å². The Morgan fingerprint density at radius 2 is 1.84 bits per heavy atom. The van der Waals surface area contributed by atoms with Crippen molar-refractivity contribution in [2.75, 3.05) is 6.54 Å². The highest BCUT2D eigenvalue weighted by Gasteiger charge is 2.22. The molecular formula is C15H30N2O2. The van der Waals surface area contributed by atoms with E-state index in [-0.39, 0.29) is 17.6 Å². The summed E-state index contributed by atoms with van der Waals surface area (Å²) < 4.78 is 0. The van der Waals surface area contributed by atoms with Crippen molar-refractivity contribution in [2.24, 2.45) is 5.41 Å². The van der Waals surface area contributed by atoms with Crippen molar-refractivity contribution in [1.82, 2.24) is 10.6 Å². The number of hydrogen-bond donors (Lipinski definition) is 3. The van der Waals surface area contributed by atoms with Crippen LogP contribution in [0, 0.1) is 5.41 Å². The van der Waals surface area contributed by atoms with E-state index < -0.39 is 0 Å².